The lowest BCUT2D eigenvalue weighted by molar-refractivity contribution is 0.0526. The first-order chi connectivity index (χ1) is 11.3. The van der Waals surface area contributed by atoms with Gasteiger partial charge in [-0.1, -0.05) is 0 Å². The van der Waals surface area contributed by atoms with E-state index >= 15 is 0 Å². The van der Waals surface area contributed by atoms with E-state index in [1.807, 2.05) is 6.92 Å². The molecule has 1 atom stereocenters. The third-order valence-electron chi connectivity index (χ3n) is 4.49. The van der Waals surface area contributed by atoms with Gasteiger partial charge < -0.3 is 14.4 Å². The number of aromatic nitrogens is 1. The number of hydrogen-bond donors (Lipinski definition) is 0. The number of hydrogen-bond acceptors (Lipinski definition) is 6. The van der Waals surface area contributed by atoms with Gasteiger partial charge in [-0.05, 0) is 31.4 Å². The van der Waals surface area contributed by atoms with Crippen LogP contribution >= 0.6 is 0 Å². The molecule has 1 aromatic rings. The van der Waals surface area contributed by atoms with Crippen molar-refractivity contribution in [2.75, 3.05) is 57.4 Å². The van der Waals surface area contributed by atoms with Crippen LogP contribution in [0.4, 0.5) is 5.82 Å². The van der Waals surface area contributed by atoms with Gasteiger partial charge in [-0.2, -0.15) is 0 Å². The molecule has 0 bridgehead atoms. The Balaban J connectivity index is 1.60. The predicted molar refractivity (Wildman–Crippen MR) is 87.8 cm³/mol. The van der Waals surface area contributed by atoms with Crippen molar-refractivity contribution < 1.29 is 14.3 Å². The Morgan fingerprint density at radius 1 is 1.39 bits per heavy atom. The molecule has 0 aromatic carbocycles. The molecule has 23 heavy (non-hydrogen) atoms. The minimum absolute atomic E-state index is 0.291. The molecule has 0 saturated carbocycles. The van der Waals surface area contributed by atoms with E-state index in [0.717, 1.165) is 51.8 Å². The lowest BCUT2D eigenvalue weighted by atomic mass is 10.1. The molecule has 6 nitrogen and oxygen atoms in total. The van der Waals surface area contributed by atoms with Crippen LogP contribution in [-0.2, 0) is 9.47 Å². The second-order valence-corrected chi connectivity index (χ2v) is 6.11. The fraction of sp³-hybridized carbons (Fsp3) is 0.647. The fourth-order valence-corrected chi connectivity index (χ4v) is 3.25. The van der Waals surface area contributed by atoms with Crippen LogP contribution in [0.3, 0.4) is 0 Å². The minimum Gasteiger partial charge on any atom is -0.462 e. The summed E-state index contributed by atoms with van der Waals surface area (Å²) in [4.78, 5) is 21.2. The fourth-order valence-electron chi connectivity index (χ4n) is 3.25. The topological polar surface area (TPSA) is 54.9 Å². The zero-order chi connectivity index (χ0) is 16.1. The van der Waals surface area contributed by atoms with Crippen molar-refractivity contribution >= 4 is 11.8 Å². The largest absolute Gasteiger partial charge is 0.462 e. The molecular weight excluding hydrogens is 294 g/mol. The maximum Gasteiger partial charge on any atom is 0.341 e. The van der Waals surface area contributed by atoms with Gasteiger partial charge in [0, 0.05) is 45.5 Å². The Hall–Kier alpha value is -1.66. The minimum atomic E-state index is -0.291. The van der Waals surface area contributed by atoms with Crippen molar-refractivity contribution in [2.45, 2.75) is 13.3 Å². The first-order valence-electron chi connectivity index (χ1n) is 8.45. The van der Waals surface area contributed by atoms with Crippen molar-refractivity contribution in [1.29, 1.82) is 0 Å². The Kier molecular flexibility index (Phi) is 5.46. The maximum absolute atomic E-state index is 12.1. The predicted octanol–water partition coefficient (Wildman–Crippen LogP) is 1.42. The summed E-state index contributed by atoms with van der Waals surface area (Å²) in [6.45, 7) is 8.87. The van der Waals surface area contributed by atoms with Crippen LogP contribution in [0.15, 0.2) is 18.3 Å². The number of pyridine rings is 1. The molecule has 6 heteroatoms. The maximum atomic E-state index is 12.1. The van der Waals surface area contributed by atoms with E-state index in [-0.39, 0.29) is 5.97 Å². The monoisotopic (exact) mass is 319 g/mol. The van der Waals surface area contributed by atoms with E-state index in [2.05, 4.69) is 14.8 Å². The van der Waals surface area contributed by atoms with E-state index in [1.54, 1.807) is 18.3 Å². The van der Waals surface area contributed by atoms with Crippen LogP contribution < -0.4 is 4.90 Å². The average Bonchev–Trinajstić information content (AvgIpc) is 3.09. The Morgan fingerprint density at radius 2 is 2.22 bits per heavy atom. The molecule has 0 aliphatic carbocycles. The van der Waals surface area contributed by atoms with Crippen LogP contribution in [0, 0.1) is 5.92 Å². The SMILES string of the molecule is CCOC(=O)c1cccnc1N1CCN(CC2CCOC2)CC1. The smallest absolute Gasteiger partial charge is 0.341 e. The molecule has 0 N–H and O–H groups in total. The number of rotatable bonds is 5. The van der Waals surface area contributed by atoms with E-state index in [1.165, 1.54) is 6.42 Å². The lowest BCUT2D eigenvalue weighted by Crippen LogP contribution is -2.48. The van der Waals surface area contributed by atoms with Gasteiger partial charge in [-0.25, -0.2) is 9.78 Å². The normalized spacial score (nSPS) is 22.3. The average molecular weight is 319 g/mol. The molecule has 0 spiro atoms. The number of piperazine rings is 1. The van der Waals surface area contributed by atoms with E-state index in [4.69, 9.17) is 9.47 Å². The molecule has 2 fully saturated rings. The van der Waals surface area contributed by atoms with E-state index in [0.29, 0.717) is 18.1 Å². The number of anilines is 1. The lowest BCUT2D eigenvalue weighted by Gasteiger charge is -2.36. The molecule has 3 rings (SSSR count). The molecule has 1 unspecified atom stereocenters. The molecule has 0 radical (unpaired) electrons. The Morgan fingerprint density at radius 3 is 2.91 bits per heavy atom. The van der Waals surface area contributed by atoms with Crippen molar-refractivity contribution in [3.05, 3.63) is 23.9 Å². The summed E-state index contributed by atoms with van der Waals surface area (Å²) in [5.74, 6) is 1.13. The first-order valence-corrected chi connectivity index (χ1v) is 8.45. The highest BCUT2D eigenvalue weighted by Crippen LogP contribution is 2.21. The summed E-state index contributed by atoms with van der Waals surface area (Å²) in [5, 5.41) is 0. The number of carbonyl (C=O) groups excluding carboxylic acids is 1. The van der Waals surface area contributed by atoms with Crippen molar-refractivity contribution in [3.8, 4) is 0 Å². The van der Waals surface area contributed by atoms with Crippen LogP contribution in [0.1, 0.15) is 23.7 Å². The first kappa shape index (κ1) is 16.2. The van der Waals surface area contributed by atoms with E-state index < -0.39 is 0 Å². The van der Waals surface area contributed by atoms with Crippen molar-refractivity contribution in [3.63, 3.8) is 0 Å². The van der Waals surface area contributed by atoms with Gasteiger partial charge in [-0.15, -0.1) is 0 Å². The summed E-state index contributed by atoms with van der Waals surface area (Å²) < 4.78 is 10.6. The second kappa shape index (κ2) is 7.75. The zero-order valence-corrected chi connectivity index (χ0v) is 13.7. The summed E-state index contributed by atoms with van der Waals surface area (Å²) in [6, 6.07) is 3.58. The Bertz CT molecular complexity index is 524. The molecule has 126 valence electrons. The van der Waals surface area contributed by atoms with Gasteiger partial charge in [0.05, 0.1) is 13.2 Å². The highest BCUT2D eigenvalue weighted by atomic mass is 16.5. The molecule has 2 aliphatic heterocycles. The van der Waals surface area contributed by atoms with Gasteiger partial charge in [0.1, 0.15) is 11.4 Å². The van der Waals surface area contributed by atoms with Gasteiger partial charge in [0.25, 0.3) is 0 Å². The quantitative estimate of drug-likeness (QED) is 0.765. The summed E-state index contributed by atoms with van der Waals surface area (Å²) >= 11 is 0. The van der Waals surface area contributed by atoms with E-state index in [9.17, 15) is 4.79 Å². The molecule has 0 amide bonds. The molecule has 2 saturated heterocycles. The van der Waals surface area contributed by atoms with Gasteiger partial charge in [0.15, 0.2) is 0 Å². The summed E-state index contributed by atoms with van der Waals surface area (Å²) in [7, 11) is 0. The van der Waals surface area contributed by atoms with Gasteiger partial charge in [-0.3, -0.25) is 4.90 Å². The van der Waals surface area contributed by atoms with Crippen molar-refractivity contribution in [2.24, 2.45) is 5.92 Å². The second-order valence-electron chi connectivity index (χ2n) is 6.11. The molecule has 3 heterocycles. The van der Waals surface area contributed by atoms with Crippen LogP contribution in [0.25, 0.3) is 0 Å². The molecular formula is C17H25N3O3. The van der Waals surface area contributed by atoms with Crippen LogP contribution in [-0.4, -0.2) is 68.4 Å². The number of carbonyl (C=O) groups is 1. The van der Waals surface area contributed by atoms with Crippen LogP contribution in [0.5, 0.6) is 0 Å². The zero-order valence-electron chi connectivity index (χ0n) is 13.7. The number of ether oxygens (including phenoxy) is 2. The highest BCUT2D eigenvalue weighted by molar-refractivity contribution is 5.94. The van der Waals surface area contributed by atoms with Gasteiger partial charge in [0.2, 0.25) is 0 Å². The number of esters is 1. The Labute approximate surface area is 137 Å². The number of nitrogens with zero attached hydrogens (tertiary/aromatic N) is 3. The third kappa shape index (κ3) is 4.00. The van der Waals surface area contributed by atoms with Crippen LogP contribution in [0.2, 0.25) is 0 Å². The molecule has 2 aliphatic rings. The summed E-state index contributed by atoms with van der Waals surface area (Å²) in [5.41, 5.74) is 0.562. The highest BCUT2D eigenvalue weighted by Gasteiger charge is 2.25. The van der Waals surface area contributed by atoms with Gasteiger partial charge >= 0.3 is 5.97 Å². The third-order valence-corrected chi connectivity index (χ3v) is 4.49. The summed E-state index contributed by atoms with van der Waals surface area (Å²) in [6.07, 6.45) is 2.91. The van der Waals surface area contributed by atoms with Crippen molar-refractivity contribution in [1.82, 2.24) is 9.88 Å². The standard InChI is InChI=1S/C17H25N3O3/c1-2-23-17(21)15-4-3-6-18-16(15)20-9-7-19(8-10-20)12-14-5-11-22-13-14/h3-4,6,14H,2,5,7-13H2,1H3. The molecule has 1 aromatic heterocycles.